The van der Waals surface area contributed by atoms with Gasteiger partial charge < -0.3 is 0 Å². The number of rotatable bonds is 6. The van der Waals surface area contributed by atoms with Crippen molar-refractivity contribution in [2.45, 2.75) is 39.7 Å². The Morgan fingerprint density at radius 1 is 1.24 bits per heavy atom. The molecular weight excluding hydrogens is 321 g/mol. The molecule has 0 unspecified atom stereocenters. The van der Waals surface area contributed by atoms with Gasteiger partial charge in [0, 0.05) is 0 Å². The van der Waals surface area contributed by atoms with Gasteiger partial charge >= 0.3 is 117 Å². The van der Waals surface area contributed by atoms with Crippen LogP contribution < -0.4 is 21.2 Å². The molecule has 0 aromatic heterocycles. The summed E-state index contributed by atoms with van der Waals surface area (Å²) >= 11 is 0.193. The summed E-state index contributed by atoms with van der Waals surface area (Å²) in [6.45, 7) is 11.5. The first kappa shape index (κ1) is 15.0. The quantitative estimate of drug-likeness (QED) is 0.537. The molecule has 17 heavy (non-hydrogen) atoms. The van der Waals surface area contributed by atoms with E-state index in [2.05, 4.69) is 61.8 Å². The Labute approximate surface area is 117 Å². The van der Waals surface area contributed by atoms with Gasteiger partial charge in [-0.1, -0.05) is 0 Å². The summed E-state index contributed by atoms with van der Waals surface area (Å²) in [5, 5.41) is 0. The Balaban J connectivity index is 3.00. The van der Waals surface area contributed by atoms with Crippen LogP contribution in [-0.4, -0.2) is 22.9 Å². The van der Waals surface area contributed by atoms with Gasteiger partial charge in [0.2, 0.25) is 0 Å². The van der Waals surface area contributed by atoms with Crippen molar-refractivity contribution in [3.05, 3.63) is 33.4 Å². The molecule has 0 fully saturated rings. The Bertz CT molecular complexity index is 347. The molecule has 1 nitrogen and oxygen atoms in total. The molecule has 0 saturated carbocycles. The molecule has 0 aliphatic carbocycles. The molecule has 0 aliphatic heterocycles. The first-order valence-corrected chi connectivity index (χ1v) is 9.64. The first-order valence-electron chi connectivity index (χ1n) is 6.41. The zero-order chi connectivity index (χ0) is 12.9. The summed E-state index contributed by atoms with van der Waals surface area (Å²) < 4.78 is 1.54. The third-order valence-electron chi connectivity index (χ3n) is 3.42. The number of halogens is 1. The predicted octanol–water partition coefficient (Wildman–Crippen LogP) is 0.542. The van der Waals surface area contributed by atoms with Crippen molar-refractivity contribution in [3.63, 3.8) is 0 Å². The summed E-state index contributed by atoms with van der Waals surface area (Å²) in [5.74, 6) is 0. The van der Waals surface area contributed by atoms with E-state index < -0.39 is 0 Å². The number of alkyl halides is 1. The molecule has 1 aromatic carbocycles. The van der Waals surface area contributed by atoms with Gasteiger partial charge in [-0.15, -0.1) is 0 Å². The zero-order valence-corrected chi connectivity index (χ0v) is 13.9. The maximum atomic E-state index is 2.57. The van der Waals surface area contributed by atoms with Crippen LogP contribution in [0, 0.1) is 3.57 Å². The molecular formula is C15H25IN-. The van der Waals surface area contributed by atoms with Crippen molar-refractivity contribution in [1.82, 2.24) is 4.90 Å². The van der Waals surface area contributed by atoms with E-state index >= 15 is 0 Å². The van der Waals surface area contributed by atoms with Gasteiger partial charge in [-0.25, -0.2) is 0 Å². The molecule has 1 rings (SSSR count). The number of benzene rings is 1. The summed E-state index contributed by atoms with van der Waals surface area (Å²) in [6, 6.07) is 9.17. The normalized spacial score (nSPS) is 12.4. The van der Waals surface area contributed by atoms with Crippen molar-refractivity contribution in [2.24, 2.45) is 0 Å². The fraction of sp³-hybridized carbons (Fsp3) is 0.600. The van der Waals surface area contributed by atoms with Gasteiger partial charge in [-0.3, -0.25) is 0 Å². The maximum absolute atomic E-state index is 2.57. The van der Waals surface area contributed by atoms with Crippen LogP contribution in [0.25, 0.3) is 0 Å². The van der Waals surface area contributed by atoms with E-state index in [9.17, 15) is 0 Å². The summed E-state index contributed by atoms with van der Waals surface area (Å²) in [6.07, 6.45) is 1.22. The van der Waals surface area contributed by atoms with Gasteiger partial charge in [0.15, 0.2) is 0 Å². The van der Waals surface area contributed by atoms with Gasteiger partial charge in [-0.2, -0.15) is 0 Å². The summed E-state index contributed by atoms with van der Waals surface area (Å²) in [7, 11) is 0. The second kappa shape index (κ2) is 6.74. The van der Waals surface area contributed by atoms with E-state index in [1.165, 1.54) is 18.5 Å². The van der Waals surface area contributed by atoms with Gasteiger partial charge in [0.25, 0.3) is 0 Å². The molecule has 0 spiro atoms. The predicted molar refractivity (Wildman–Crippen MR) is 71.6 cm³/mol. The number of hydrogen-bond donors (Lipinski definition) is 0. The van der Waals surface area contributed by atoms with Gasteiger partial charge in [0.1, 0.15) is 0 Å². The molecule has 0 aliphatic rings. The SMILES string of the molecule is CCCN(CC)C(C)(C)c1cccc([I-]C)c1. The van der Waals surface area contributed by atoms with Gasteiger partial charge in [-0.05, 0) is 0 Å². The second-order valence-corrected chi connectivity index (χ2v) is 7.16. The summed E-state index contributed by atoms with van der Waals surface area (Å²) in [4.78, 5) is 4.90. The number of nitrogens with zero attached hydrogens (tertiary/aromatic N) is 1. The van der Waals surface area contributed by atoms with Crippen molar-refractivity contribution in [2.75, 3.05) is 18.0 Å². The molecule has 0 saturated heterocycles. The van der Waals surface area contributed by atoms with Crippen LogP contribution in [0.15, 0.2) is 24.3 Å². The fourth-order valence-electron chi connectivity index (χ4n) is 2.27. The minimum absolute atomic E-state index is 0.152. The molecule has 0 atom stereocenters. The monoisotopic (exact) mass is 346 g/mol. The Hall–Kier alpha value is -0.0900. The molecule has 1 aromatic rings. The van der Waals surface area contributed by atoms with E-state index in [4.69, 9.17) is 0 Å². The van der Waals surface area contributed by atoms with Crippen molar-refractivity contribution in [3.8, 4) is 0 Å². The van der Waals surface area contributed by atoms with Crippen LogP contribution in [0.4, 0.5) is 0 Å². The van der Waals surface area contributed by atoms with E-state index in [1.54, 1.807) is 3.57 Å². The molecule has 0 radical (unpaired) electrons. The zero-order valence-electron chi connectivity index (χ0n) is 11.8. The molecule has 2 heteroatoms. The van der Waals surface area contributed by atoms with Crippen LogP contribution in [0.5, 0.6) is 0 Å². The Kier molecular flexibility index (Phi) is 5.93. The van der Waals surface area contributed by atoms with Gasteiger partial charge in [0.05, 0.1) is 0 Å². The number of hydrogen-bond acceptors (Lipinski definition) is 1. The molecule has 0 N–H and O–H groups in total. The van der Waals surface area contributed by atoms with E-state index in [-0.39, 0.29) is 26.7 Å². The Morgan fingerprint density at radius 2 is 1.94 bits per heavy atom. The second-order valence-electron chi connectivity index (χ2n) is 4.84. The Morgan fingerprint density at radius 3 is 2.47 bits per heavy atom. The van der Waals surface area contributed by atoms with E-state index in [0.29, 0.717) is 0 Å². The minimum atomic E-state index is 0.152. The van der Waals surface area contributed by atoms with Crippen LogP contribution >= 0.6 is 0 Å². The average Bonchev–Trinajstić information content (AvgIpc) is 2.35. The summed E-state index contributed by atoms with van der Waals surface area (Å²) in [5.41, 5.74) is 1.62. The van der Waals surface area contributed by atoms with Crippen LogP contribution in [0.2, 0.25) is 0 Å². The van der Waals surface area contributed by atoms with Crippen LogP contribution in [-0.2, 0) is 5.54 Å². The van der Waals surface area contributed by atoms with E-state index in [0.717, 1.165) is 6.54 Å². The van der Waals surface area contributed by atoms with Crippen LogP contribution in [0.1, 0.15) is 39.7 Å². The molecule has 98 valence electrons. The molecule has 0 heterocycles. The van der Waals surface area contributed by atoms with Crippen LogP contribution in [0.3, 0.4) is 0 Å². The third-order valence-corrected chi connectivity index (χ3v) is 5.33. The van der Waals surface area contributed by atoms with E-state index in [1.807, 2.05) is 0 Å². The topological polar surface area (TPSA) is 3.24 Å². The fourth-order valence-corrected chi connectivity index (χ4v) is 3.49. The molecule has 0 bridgehead atoms. The van der Waals surface area contributed by atoms with Crippen molar-refractivity contribution >= 4 is 0 Å². The average molecular weight is 346 g/mol. The van der Waals surface area contributed by atoms with Crippen molar-refractivity contribution in [1.29, 1.82) is 0 Å². The standard InChI is InChI=1S/C15H25IN/c1-6-11-17(7-2)15(3,4)13-9-8-10-14(12-13)16-5/h8-10,12H,6-7,11H2,1-5H3/q-1. The molecule has 0 amide bonds. The first-order chi connectivity index (χ1) is 8.06. The third kappa shape index (κ3) is 3.68. The van der Waals surface area contributed by atoms with Crippen molar-refractivity contribution < 1.29 is 21.2 Å².